The summed E-state index contributed by atoms with van der Waals surface area (Å²) in [4.78, 5) is 15.4. The first kappa shape index (κ1) is 20.2. The van der Waals surface area contributed by atoms with E-state index in [0.717, 1.165) is 53.1 Å². The van der Waals surface area contributed by atoms with Crippen molar-refractivity contribution in [1.82, 2.24) is 4.90 Å². The highest BCUT2D eigenvalue weighted by atomic mass is 16.5. The second-order valence-corrected chi connectivity index (χ2v) is 7.58. The molecule has 5 heteroatoms. The molecular weight excluding hydrogens is 354 g/mol. The van der Waals surface area contributed by atoms with Crippen molar-refractivity contribution in [3.63, 3.8) is 0 Å². The molecule has 3 rings (SSSR count). The lowest BCUT2D eigenvalue weighted by Gasteiger charge is -2.32. The van der Waals surface area contributed by atoms with Gasteiger partial charge in [-0.1, -0.05) is 0 Å². The highest BCUT2D eigenvalue weighted by Gasteiger charge is 2.27. The maximum atomic E-state index is 13.1. The first-order valence-electron chi connectivity index (χ1n) is 9.70. The van der Waals surface area contributed by atoms with E-state index >= 15 is 0 Å². The number of likely N-dealkylation sites (tertiary alicyclic amines) is 1. The van der Waals surface area contributed by atoms with E-state index in [2.05, 4.69) is 4.90 Å². The number of carbonyl (C=O) groups excluding carboxylic acids is 1. The number of aryl methyl sites for hydroxylation is 2. The Hall–Kier alpha value is -2.53. The molecule has 2 aromatic rings. The van der Waals surface area contributed by atoms with Crippen molar-refractivity contribution in [3.8, 4) is 17.2 Å². The van der Waals surface area contributed by atoms with Crippen LogP contribution in [0.2, 0.25) is 0 Å². The number of phenols is 1. The summed E-state index contributed by atoms with van der Waals surface area (Å²) in [6.45, 7) is 6.16. The van der Waals surface area contributed by atoms with Gasteiger partial charge in [0.05, 0.1) is 14.2 Å². The Morgan fingerprint density at radius 1 is 1.14 bits per heavy atom. The molecule has 2 aromatic carbocycles. The SMILES string of the molecule is COc1ccc(O)c(CN2CCC[C@@H](C(=O)c3cc(C)c(OC)c(C)c3)C2)c1. The van der Waals surface area contributed by atoms with E-state index < -0.39 is 0 Å². The number of methoxy groups -OCH3 is 2. The van der Waals surface area contributed by atoms with E-state index in [-0.39, 0.29) is 17.5 Å². The topological polar surface area (TPSA) is 59.0 Å². The Bertz CT molecular complexity index is 839. The van der Waals surface area contributed by atoms with E-state index in [0.29, 0.717) is 13.1 Å². The van der Waals surface area contributed by atoms with Crippen molar-refractivity contribution in [3.05, 3.63) is 52.6 Å². The molecule has 1 saturated heterocycles. The maximum absolute atomic E-state index is 13.1. The van der Waals surface area contributed by atoms with Crippen LogP contribution in [0, 0.1) is 19.8 Å². The van der Waals surface area contributed by atoms with Gasteiger partial charge in [0.15, 0.2) is 5.78 Å². The molecule has 0 aromatic heterocycles. The average Bonchev–Trinajstić information content (AvgIpc) is 2.69. The molecule has 0 bridgehead atoms. The van der Waals surface area contributed by atoms with Crippen LogP contribution in [0.1, 0.15) is 39.9 Å². The Balaban J connectivity index is 1.74. The Labute approximate surface area is 166 Å². The maximum Gasteiger partial charge on any atom is 0.167 e. The molecule has 0 aliphatic carbocycles. The molecule has 0 saturated carbocycles. The quantitative estimate of drug-likeness (QED) is 0.761. The summed E-state index contributed by atoms with van der Waals surface area (Å²) in [5.74, 6) is 1.98. The highest BCUT2D eigenvalue weighted by Crippen LogP contribution is 2.29. The van der Waals surface area contributed by atoms with Crippen LogP contribution < -0.4 is 9.47 Å². The van der Waals surface area contributed by atoms with Gasteiger partial charge >= 0.3 is 0 Å². The van der Waals surface area contributed by atoms with E-state index in [1.54, 1.807) is 26.4 Å². The van der Waals surface area contributed by atoms with Crippen LogP contribution >= 0.6 is 0 Å². The van der Waals surface area contributed by atoms with E-state index in [9.17, 15) is 9.90 Å². The van der Waals surface area contributed by atoms with Crippen molar-refractivity contribution in [1.29, 1.82) is 0 Å². The monoisotopic (exact) mass is 383 g/mol. The van der Waals surface area contributed by atoms with E-state index in [4.69, 9.17) is 9.47 Å². The predicted octanol–water partition coefficient (Wildman–Crippen LogP) is 4.12. The first-order valence-corrected chi connectivity index (χ1v) is 9.70. The zero-order chi connectivity index (χ0) is 20.3. The molecule has 0 unspecified atom stereocenters. The summed E-state index contributed by atoms with van der Waals surface area (Å²) in [5.41, 5.74) is 3.55. The lowest BCUT2D eigenvalue weighted by atomic mass is 9.88. The first-order chi connectivity index (χ1) is 13.4. The number of piperidine rings is 1. The van der Waals surface area contributed by atoms with Crippen LogP contribution in [0.5, 0.6) is 17.2 Å². The summed E-state index contributed by atoms with van der Waals surface area (Å²) in [7, 11) is 3.27. The number of Topliss-reactive ketones (excluding diaryl/α,β-unsaturated/α-hetero) is 1. The van der Waals surface area contributed by atoms with Gasteiger partial charge < -0.3 is 14.6 Å². The third kappa shape index (κ3) is 4.30. The molecule has 5 nitrogen and oxygen atoms in total. The lowest BCUT2D eigenvalue weighted by molar-refractivity contribution is 0.0810. The molecule has 28 heavy (non-hydrogen) atoms. The van der Waals surface area contributed by atoms with Crippen LogP contribution in [-0.2, 0) is 6.54 Å². The number of phenolic OH excluding ortho intramolecular Hbond substituents is 1. The number of ketones is 1. The normalized spacial score (nSPS) is 17.4. The van der Waals surface area contributed by atoms with Gasteiger partial charge in [-0.05, 0) is 74.7 Å². The number of carbonyl (C=O) groups is 1. The minimum absolute atomic E-state index is 0.0336. The molecule has 1 aliphatic heterocycles. The van der Waals surface area contributed by atoms with Crippen LogP contribution in [0.3, 0.4) is 0 Å². The van der Waals surface area contributed by atoms with Gasteiger partial charge in [0.2, 0.25) is 0 Å². The summed E-state index contributed by atoms with van der Waals surface area (Å²) in [6, 6.07) is 9.12. The van der Waals surface area contributed by atoms with Gasteiger partial charge in [0, 0.05) is 30.1 Å². The van der Waals surface area contributed by atoms with Crippen LogP contribution in [-0.4, -0.2) is 43.1 Å². The van der Waals surface area contributed by atoms with E-state index in [1.807, 2.05) is 32.0 Å². The minimum Gasteiger partial charge on any atom is -0.508 e. The van der Waals surface area contributed by atoms with Crippen molar-refractivity contribution in [2.24, 2.45) is 5.92 Å². The van der Waals surface area contributed by atoms with Gasteiger partial charge in [-0.3, -0.25) is 9.69 Å². The molecule has 1 atom stereocenters. The average molecular weight is 383 g/mol. The summed E-state index contributed by atoms with van der Waals surface area (Å²) in [6.07, 6.45) is 1.86. The largest absolute Gasteiger partial charge is 0.508 e. The number of benzene rings is 2. The van der Waals surface area contributed by atoms with Crippen LogP contribution in [0.4, 0.5) is 0 Å². The number of ether oxygens (including phenoxy) is 2. The molecule has 1 fully saturated rings. The van der Waals surface area contributed by atoms with Crippen LogP contribution in [0.25, 0.3) is 0 Å². The van der Waals surface area contributed by atoms with Gasteiger partial charge in [0.1, 0.15) is 17.2 Å². The Morgan fingerprint density at radius 2 is 1.86 bits per heavy atom. The van der Waals surface area contributed by atoms with Crippen molar-refractivity contribution < 1.29 is 19.4 Å². The molecule has 1 aliphatic rings. The smallest absolute Gasteiger partial charge is 0.167 e. The van der Waals surface area contributed by atoms with Crippen molar-refractivity contribution >= 4 is 5.78 Å². The second kappa shape index (κ2) is 8.65. The van der Waals surface area contributed by atoms with Crippen molar-refractivity contribution in [2.75, 3.05) is 27.3 Å². The fraction of sp³-hybridized carbons (Fsp3) is 0.435. The number of rotatable bonds is 6. The highest BCUT2D eigenvalue weighted by molar-refractivity contribution is 5.98. The minimum atomic E-state index is -0.0336. The number of hydrogen-bond acceptors (Lipinski definition) is 5. The van der Waals surface area contributed by atoms with Gasteiger partial charge in [0.25, 0.3) is 0 Å². The molecule has 1 heterocycles. The summed E-state index contributed by atoms with van der Waals surface area (Å²) < 4.78 is 10.7. The predicted molar refractivity (Wildman–Crippen MR) is 109 cm³/mol. The second-order valence-electron chi connectivity index (χ2n) is 7.58. The number of nitrogens with zero attached hydrogens (tertiary/aromatic N) is 1. The molecule has 0 amide bonds. The Kier molecular flexibility index (Phi) is 6.25. The molecule has 150 valence electrons. The molecular formula is C23H29NO4. The lowest BCUT2D eigenvalue weighted by Crippen LogP contribution is -2.38. The van der Waals surface area contributed by atoms with Gasteiger partial charge in [-0.15, -0.1) is 0 Å². The molecule has 1 N–H and O–H groups in total. The van der Waals surface area contributed by atoms with Crippen molar-refractivity contribution in [2.45, 2.75) is 33.2 Å². The summed E-state index contributed by atoms with van der Waals surface area (Å²) >= 11 is 0. The molecule has 0 radical (unpaired) electrons. The van der Waals surface area contributed by atoms with E-state index in [1.165, 1.54) is 0 Å². The Morgan fingerprint density at radius 3 is 2.50 bits per heavy atom. The van der Waals surface area contributed by atoms with Gasteiger partial charge in [-0.2, -0.15) is 0 Å². The summed E-state index contributed by atoms with van der Waals surface area (Å²) in [5, 5.41) is 10.2. The molecule has 0 spiro atoms. The number of hydrogen-bond donors (Lipinski definition) is 1. The standard InChI is InChI=1S/C23H29NO4/c1-15-10-18(11-16(2)23(15)28-4)22(26)17-6-5-9-24(13-17)14-19-12-20(27-3)7-8-21(19)25/h7-8,10-12,17,25H,5-6,9,13-14H2,1-4H3/t17-/m1/s1. The third-order valence-electron chi connectivity index (χ3n) is 5.51. The zero-order valence-corrected chi connectivity index (χ0v) is 17.1. The fourth-order valence-corrected chi connectivity index (χ4v) is 4.12. The fourth-order valence-electron chi connectivity index (χ4n) is 4.12. The van der Waals surface area contributed by atoms with Crippen LogP contribution in [0.15, 0.2) is 30.3 Å². The zero-order valence-electron chi connectivity index (χ0n) is 17.1. The third-order valence-corrected chi connectivity index (χ3v) is 5.51. The van der Waals surface area contributed by atoms with Gasteiger partial charge in [-0.25, -0.2) is 0 Å². The number of aromatic hydroxyl groups is 1.